The number of rotatable bonds is 8. The van der Waals surface area contributed by atoms with E-state index in [2.05, 4.69) is 22.1 Å². The van der Waals surface area contributed by atoms with E-state index in [0.717, 1.165) is 10.6 Å². The molecule has 0 spiro atoms. The van der Waals surface area contributed by atoms with Gasteiger partial charge in [-0.05, 0) is 46.7 Å². The van der Waals surface area contributed by atoms with Gasteiger partial charge in [-0.2, -0.15) is 16.6 Å². The molecule has 28 heavy (non-hydrogen) atoms. The van der Waals surface area contributed by atoms with Gasteiger partial charge in [-0.3, -0.25) is 4.79 Å². The lowest BCUT2D eigenvalue weighted by molar-refractivity contribution is 0.0952. The van der Waals surface area contributed by atoms with E-state index in [1.165, 1.54) is 17.7 Å². The van der Waals surface area contributed by atoms with Crippen molar-refractivity contribution in [1.82, 2.24) is 5.32 Å². The van der Waals surface area contributed by atoms with E-state index in [-0.39, 0.29) is 11.5 Å². The van der Waals surface area contributed by atoms with Gasteiger partial charge in [0.05, 0.1) is 11.3 Å². The van der Waals surface area contributed by atoms with Crippen LogP contribution in [-0.4, -0.2) is 19.0 Å². The number of hydrogen-bond donors (Lipinski definition) is 2. The third-order valence-corrected chi connectivity index (χ3v) is 5.83. The zero-order valence-corrected chi connectivity index (χ0v) is 16.6. The number of carbonyl (C=O) groups is 1. The van der Waals surface area contributed by atoms with Crippen LogP contribution in [0.5, 0.6) is 0 Å². The Balaban J connectivity index is 1.54. The second-order valence-electron chi connectivity index (χ2n) is 5.87. The summed E-state index contributed by atoms with van der Waals surface area (Å²) in [6.07, 6.45) is 0. The minimum absolute atomic E-state index is 0.0241. The zero-order chi connectivity index (χ0) is 19.8. The van der Waals surface area contributed by atoms with Gasteiger partial charge in [0.15, 0.2) is 0 Å². The maximum absolute atomic E-state index is 13.6. The van der Waals surface area contributed by atoms with E-state index in [1.54, 1.807) is 35.2 Å². The summed E-state index contributed by atoms with van der Waals surface area (Å²) in [7, 11) is 0. The van der Waals surface area contributed by atoms with Crippen molar-refractivity contribution >= 4 is 34.7 Å². The van der Waals surface area contributed by atoms with Crippen LogP contribution < -0.4 is 10.6 Å². The number of nitrogens with one attached hydrogen (secondary N) is 2. The number of carbonyl (C=O) groups excluding carboxylic acids is 1. The van der Waals surface area contributed by atoms with Gasteiger partial charge in [0.1, 0.15) is 17.4 Å². The molecule has 0 atom stereocenters. The maximum Gasteiger partial charge on any atom is 0.252 e. The van der Waals surface area contributed by atoms with E-state index in [1.807, 2.05) is 29.6 Å². The molecule has 0 radical (unpaired) electrons. The second-order valence-corrected chi connectivity index (χ2v) is 7.67. The number of thiophene rings is 1. The van der Waals surface area contributed by atoms with Gasteiger partial charge < -0.3 is 10.6 Å². The largest absolute Gasteiger partial charge is 0.382 e. The quantitative estimate of drug-likeness (QED) is 0.409. The van der Waals surface area contributed by atoms with Gasteiger partial charge in [0, 0.05) is 23.7 Å². The third kappa shape index (κ3) is 5.12. The molecule has 4 nitrogen and oxygen atoms in total. The molecule has 0 aliphatic heterocycles. The lowest BCUT2D eigenvalue weighted by Gasteiger charge is -2.11. The highest BCUT2D eigenvalue weighted by atomic mass is 32.2. The van der Waals surface area contributed by atoms with Crippen LogP contribution in [0.15, 0.2) is 64.2 Å². The van der Waals surface area contributed by atoms with Crippen molar-refractivity contribution in [3.8, 4) is 6.07 Å². The summed E-state index contributed by atoms with van der Waals surface area (Å²) in [5.74, 6) is 0.0920. The van der Waals surface area contributed by atoms with Gasteiger partial charge in [0.25, 0.3) is 5.91 Å². The van der Waals surface area contributed by atoms with Crippen LogP contribution in [0.1, 0.15) is 21.5 Å². The molecule has 0 saturated carbocycles. The number of nitriles is 1. The summed E-state index contributed by atoms with van der Waals surface area (Å²) in [5, 5.41) is 19.0. The smallest absolute Gasteiger partial charge is 0.252 e. The number of anilines is 1. The molecule has 0 unspecified atom stereocenters. The lowest BCUT2D eigenvalue weighted by atomic mass is 10.2. The van der Waals surface area contributed by atoms with Crippen molar-refractivity contribution in [2.45, 2.75) is 10.6 Å². The molecule has 7 heteroatoms. The normalized spacial score (nSPS) is 10.3. The Bertz CT molecular complexity index is 984. The summed E-state index contributed by atoms with van der Waals surface area (Å²) < 4.78 is 13.6. The van der Waals surface area contributed by atoms with Crippen LogP contribution in [0.4, 0.5) is 10.1 Å². The molecule has 1 heterocycles. The number of amides is 1. The van der Waals surface area contributed by atoms with E-state index in [9.17, 15) is 9.18 Å². The average Bonchev–Trinajstić information content (AvgIpc) is 3.23. The fourth-order valence-electron chi connectivity index (χ4n) is 2.57. The summed E-state index contributed by atoms with van der Waals surface area (Å²) in [6, 6.07) is 15.9. The van der Waals surface area contributed by atoms with Crippen LogP contribution in [-0.2, 0) is 5.75 Å². The Morgan fingerprint density at radius 3 is 2.79 bits per heavy atom. The van der Waals surface area contributed by atoms with Gasteiger partial charge >= 0.3 is 0 Å². The van der Waals surface area contributed by atoms with Crippen LogP contribution in [0, 0.1) is 17.1 Å². The third-order valence-electron chi connectivity index (χ3n) is 3.96. The molecule has 1 aromatic heterocycles. The molecule has 1 amide bonds. The van der Waals surface area contributed by atoms with E-state index in [0.29, 0.717) is 24.3 Å². The molecule has 2 aromatic carbocycles. The zero-order valence-electron chi connectivity index (χ0n) is 14.9. The van der Waals surface area contributed by atoms with Crippen LogP contribution >= 0.6 is 23.1 Å². The standard InChI is InChI=1S/C21H18FN3OS2/c22-18-5-3-6-19(17(18)12-23)24-9-10-25-21(26)16-4-1-2-7-20(16)28-14-15-8-11-27-13-15/h1-8,11,13,24H,9-10,14H2,(H,25,26). The highest BCUT2D eigenvalue weighted by Crippen LogP contribution is 2.27. The number of thioether (sulfide) groups is 1. The Morgan fingerprint density at radius 2 is 2.00 bits per heavy atom. The Morgan fingerprint density at radius 1 is 1.14 bits per heavy atom. The fourth-order valence-corrected chi connectivity index (χ4v) is 4.34. The first-order valence-corrected chi connectivity index (χ1v) is 10.6. The number of hydrogen-bond acceptors (Lipinski definition) is 5. The van der Waals surface area contributed by atoms with E-state index in [4.69, 9.17) is 5.26 Å². The molecule has 0 aliphatic rings. The predicted molar refractivity (Wildman–Crippen MR) is 112 cm³/mol. The molecular formula is C21H18FN3OS2. The molecular weight excluding hydrogens is 393 g/mol. The Labute approximate surface area is 171 Å². The van der Waals surface area contributed by atoms with Crippen LogP contribution in [0.2, 0.25) is 0 Å². The second kappa shape index (κ2) is 9.93. The number of benzene rings is 2. The minimum atomic E-state index is -0.562. The number of nitrogens with zero attached hydrogens (tertiary/aromatic N) is 1. The minimum Gasteiger partial charge on any atom is -0.382 e. The van der Waals surface area contributed by atoms with Crippen LogP contribution in [0.25, 0.3) is 0 Å². The van der Waals surface area contributed by atoms with Crippen molar-refractivity contribution in [2.24, 2.45) is 0 Å². The number of halogens is 1. The first-order valence-electron chi connectivity index (χ1n) is 8.62. The molecule has 142 valence electrons. The summed E-state index contributed by atoms with van der Waals surface area (Å²) >= 11 is 3.29. The molecule has 0 saturated heterocycles. The summed E-state index contributed by atoms with van der Waals surface area (Å²) in [5.41, 5.74) is 2.26. The molecule has 3 rings (SSSR count). The van der Waals surface area contributed by atoms with Crippen molar-refractivity contribution in [2.75, 3.05) is 18.4 Å². The van der Waals surface area contributed by atoms with Gasteiger partial charge in [0.2, 0.25) is 0 Å². The van der Waals surface area contributed by atoms with Crippen molar-refractivity contribution < 1.29 is 9.18 Å². The molecule has 0 aliphatic carbocycles. The molecule has 0 bridgehead atoms. The summed E-state index contributed by atoms with van der Waals surface area (Å²) in [6.45, 7) is 0.734. The molecule has 0 fully saturated rings. The van der Waals surface area contributed by atoms with Crippen molar-refractivity contribution in [3.63, 3.8) is 0 Å². The van der Waals surface area contributed by atoms with Gasteiger partial charge in [-0.15, -0.1) is 11.8 Å². The topological polar surface area (TPSA) is 64.9 Å². The van der Waals surface area contributed by atoms with Crippen LogP contribution in [0.3, 0.4) is 0 Å². The van der Waals surface area contributed by atoms with Gasteiger partial charge in [-0.1, -0.05) is 18.2 Å². The van der Waals surface area contributed by atoms with Gasteiger partial charge in [-0.25, -0.2) is 4.39 Å². The predicted octanol–water partition coefficient (Wildman–Crippen LogP) is 4.89. The maximum atomic E-state index is 13.6. The lowest BCUT2D eigenvalue weighted by Crippen LogP contribution is -2.29. The first-order chi connectivity index (χ1) is 13.7. The molecule has 3 aromatic rings. The van der Waals surface area contributed by atoms with Crippen molar-refractivity contribution in [3.05, 3.63) is 81.8 Å². The first kappa shape index (κ1) is 19.9. The highest BCUT2D eigenvalue weighted by Gasteiger charge is 2.12. The highest BCUT2D eigenvalue weighted by molar-refractivity contribution is 7.98. The fraction of sp³-hybridized carbons (Fsp3) is 0.143. The van der Waals surface area contributed by atoms with E-state index >= 15 is 0 Å². The van der Waals surface area contributed by atoms with E-state index < -0.39 is 5.82 Å². The summed E-state index contributed by atoms with van der Waals surface area (Å²) in [4.78, 5) is 13.5. The average molecular weight is 412 g/mol. The molecule has 2 N–H and O–H groups in total. The SMILES string of the molecule is N#Cc1c(F)cccc1NCCNC(=O)c1ccccc1SCc1ccsc1. The Kier molecular flexibility index (Phi) is 7.06. The Hall–Kier alpha value is -2.82. The monoisotopic (exact) mass is 411 g/mol. The van der Waals surface area contributed by atoms with Crippen molar-refractivity contribution in [1.29, 1.82) is 5.26 Å².